The highest BCUT2D eigenvalue weighted by Crippen LogP contribution is 2.29. The van der Waals surface area contributed by atoms with Crippen LogP contribution in [0.2, 0.25) is 0 Å². The predicted molar refractivity (Wildman–Crippen MR) is 98.1 cm³/mol. The number of benzene rings is 1. The molecule has 25 heavy (non-hydrogen) atoms. The maximum absolute atomic E-state index is 12.7. The summed E-state index contributed by atoms with van der Waals surface area (Å²) in [5.41, 5.74) is 0.328. The van der Waals surface area contributed by atoms with Gasteiger partial charge in [-0.15, -0.1) is 0 Å². The molecule has 4 amide bonds. The number of hydrogen-bond acceptors (Lipinski definition) is 3. The van der Waals surface area contributed by atoms with Gasteiger partial charge in [0, 0.05) is 21.9 Å². The van der Waals surface area contributed by atoms with Gasteiger partial charge < -0.3 is 10.2 Å². The topological polar surface area (TPSA) is 78.5 Å². The summed E-state index contributed by atoms with van der Waals surface area (Å²) in [6.07, 6.45) is 2.22. The normalized spacial score (nSPS) is 25.4. The van der Waals surface area contributed by atoms with E-state index in [2.05, 4.69) is 34.9 Å². The number of imide groups is 1. The Hall–Kier alpha value is -2.37. The lowest BCUT2D eigenvalue weighted by atomic mass is 9.87. The van der Waals surface area contributed by atoms with E-state index in [0.29, 0.717) is 12.3 Å². The Bertz CT molecular complexity index is 678. The van der Waals surface area contributed by atoms with Crippen molar-refractivity contribution in [2.24, 2.45) is 5.92 Å². The third kappa shape index (κ3) is 3.67. The lowest BCUT2D eigenvalue weighted by Gasteiger charge is -2.35. The molecule has 3 rings (SSSR count). The first-order valence-electron chi connectivity index (χ1n) is 8.86. The minimum Gasteiger partial charge on any atom is -0.342 e. The summed E-state index contributed by atoms with van der Waals surface area (Å²) in [6, 6.07) is 9.92. The average Bonchev–Trinajstić information content (AvgIpc) is 2.86. The van der Waals surface area contributed by atoms with E-state index in [1.807, 2.05) is 17.9 Å². The van der Waals surface area contributed by atoms with Gasteiger partial charge >= 0.3 is 6.03 Å². The Morgan fingerprint density at radius 3 is 2.48 bits per heavy atom. The van der Waals surface area contributed by atoms with E-state index in [-0.39, 0.29) is 20.6 Å². The van der Waals surface area contributed by atoms with E-state index >= 15 is 0 Å². The first kappa shape index (κ1) is 17.5. The third-order valence-corrected chi connectivity index (χ3v) is 5.33. The van der Waals surface area contributed by atoms with Crippen molar-refractivity contribution >= 4 is 17.8 Å². The van der Waals surface area contributed by atoms with Crippen LogP contribution in [0, 0.1) is 5.92 Å². The molecule has 0 spiro atoms. The number of rotatable bonds is 4. The number of amides is 4. The van der Waals surface area contributed by atoms with E-state index in [1.165, 1.54) is 5.56 Å². The van der Waals surface area contributed by atoms with Gasteiger partial charge in [0.1, 0.15) is 5.54 Å². The van der Waals surface area contributed by atoms with Crippen molar-refractivity contribution in [1.82, 2.24) is 15.5 Å². The van der Waals surface area contributed by atoms with Crippen LogP contribution in [0.15, 0.2) is 30.3 Å². The highest BCUT2D eigenvalue weighted by atomic mass is 16.2. The zero-order valence-electron chi connectivity index (χ0n) is 14.7. The molecule has 6 heteroatoms. The van der Waals surface area contributed by atoms with Crippen LogP contribution in [-0.2, 0) is 9.59 Å². The van der Waals surface area contributed by atoms with E-state index in [1.54, 1.807) is 6.92 Å². The quantitative estimate of drug-likeness (QED) is 0.822. The van der Waals surface area contributed by atoms with Gasteiger partial charge in [0.15, 0.2) is 0 Å². The number of carbonyl (C=O) groups excluding carboxylic acids is 3. The second-order valence-electron chi connectivity index (χ2n) is 7.36. The highest BCUT2D eigenvalue weighted by Gasteiger charge is 2.44. The van der Waals surface area contributed by atoms with Crippen molar-refractivity contribution in [2.45, 2.75) is 44.6 Å². The van der Waals surface area contributed by atoms with Crippen molar-refractivity contribution in [3.05, 3.63) is 35.9 Å². The fraction of sp³-hybridized carbons (Fsp3) is 0.526. The van der Waals surface area contributed by atoms with Crippen LogP contribution in [0.5, 0.6) is 0 Å². The molecule has 2 aliphatic heterocycles. The molecule has 0 radical (unpaired) electrons. The van der Waals surface area contributed by atoms with Gasteiger partial charge in [-0.3, -0.25) is 14.9 Å². The Balaban J connectivity index is 0.00000182. The first-order valence-corrected chi connectivity index (χ1v) is 8.86. The molecule has 2 N–H and O–H groups in total. The number of piperidine rings is 1. The van der Waals surface area contributed by atoms with Crippen molar-refractivity contribution in [3.8, 4) is 0 Å². The van der Waals surface area contributed by atoms with E-state index in [0.717, 1.165) is 25.9 Å². The minimum atomic E-state index is -1.01. The van der Waals surface area contributed by atoms with Gasteiger partial charge in [0.25, 0.3) is 5.91 Å². The van der Waals surface area contributed by atoms with Crippen LogP contribution in [0.3, 0.4) is 0 Å². The second kappa shape index (κ2) is 6.86. The van der Waals surface area contributed by atoms with Crippen molar-refractivity contribution in [3.63, 3.8) is 0 Å². The van der Waals surface area contributed by atoms with Gasteiger partial charge in [-0.05, 0) is 37.7 Å². The van der Waals surface area contributed by atoms with Crippen molar-refractivity contribution < 1.29 is 17.2 Å². The number of nitrogens with one attached hydrogen (secondary N) is 2. The molecule has 2 aliphatic rings. The van der Waals surface area contributed by atoms with Gasteiger partial charge in [0.2, 0.25) is 5.91 Å². The number of urea groups is 1. The summed E-state index contributed by atoms with van der Waals surface area (Å²) in [6.45, 7) is 4.96. The van der Waals surface area contributed by atoms with Crippen molar-refractivity contribution in [1.29, 1.82) is 0 Å². The van der Waals surface area contributed by atoms with Gasteiger partial charge in [-0.2, -0.15) is 0 Å². The number of nitrogens with zero attached hydrogens (tertiary/aromatic N) is 1. The molecular formula is C19H29N3O3. The molecular weight excluding hydrogens is 318 g/mol. The molecule has 0 saturated carbocycles. The summed E-state index contributed by atoms with van der Waals surface area (Å²) in [7, 11) is 0. The summed E-state index contributed by atoms with van der Waals surface area (Å²) in [5, 5.41) is 4.87. The zero-order chi connectivity index (χ0) is 18.0. The van der Waals surface area contributed by atoms with E-state index < -0.39 is 11.6 Å². The molecule has 138 valence electrons. The molecule has 1 aromatic rings. The van der Waals surface area contributed by atoms with Crippen LogP contribution < -0.4 is 10.6 Å². The number of carbonyl (C=O) groups is 3. The SMILES string of the molecule is C[C@@H](C[C@@]1(C)NC(=O)NC1=O)C(=O)N1CCC(c2ccccc2)CC1.[HH].[HH]. The summed E-state index contributed by atoms with van der Waals surface area (Å²) < 4.78 is 0. The molecule has 0 unspecified atom stereocenters. The molecule has 6 nitrogen and oxygen atoms in total. The minimum absolute atomic E-state index is 0. The van der Waals surface area contributed by atoms with Gasteiger partial charge in [-0.25, -0.2) is 4.79 Å². The molecule has 0 bridgehead atoms. The third-order valence-electron chi connectivity index (χ3n) is 5.33. The monoisotopic (exact) mass is 347 g/mol. The van der Waals surface area contributed by atoms with Crippen LogP contribution in [0.25, 0.3) is 0 Å². The lowest BCUT2D eigenvalue weighted by Crippen LogP contribution is -2.48. The molecule has 2 atom stereocenters. The Labute approximate surface area is 150 Å². The van der Waals surface area contributed by atoms with Crippen LogP contribution >= 0.6 is 0 Å². The molecule has 2 saturated heterocycles. The molecule has 2 fully saturated rings. The average molecular weight is 347 g/mol. The fourth-order valence-corrected chi connectivity index (χ4v) is 3.89. The Kier molecular flexibility index (Phi) is 4.79. The molecule has 1 aromatic carbocycles. The van der Waals surface area contributed by atoms with Gasteiger partial charge in [-0.1, -0.05) is 37.3 Å². The maximum Gasteiger partial charge on any atom is 0.322 e. The summed E-state index contributed by atoms with van der Waals surface area (Å²) in [5.74, 6) is -0.123. The number of likely N-dealkylation sites (tertiary alicyclic amines) is 1. The molecule has 2 heterocycles. The standard InChI is InChI=1S/C19H25N3O3.2H2/c1-13(12-19(2)17(24)20-18(25)21-19)16(23)22-10-8-15(9-11-22)14-6-4-3-5-7-14;;/h3-7,13,15H,8-12H2,1-2H3,(H2,20,21,24,25);2*1H/t13-,19+;;/m0../s1. The van der Waals surface area contributed by atoms with Crippen molar-refractivity contribution in [2.75, 3.05) is 13.1 Å². The zero-order valence-corrected chi connectivity index (χ0v) is 14.7. The molecule has 0 aliphatic carbocycles. The lowest BCUT2D eigenvalue weighted by molar-refractivity contribution is -0.137. The summed E-state index contributed by atoms with van der Waals surface area (Å²) in [4.78, 5) is 37.9. The van der Waals surface area contributed by atoms with E-state index in [4.69, 9.17) is 0 Å². The highest BCUT2D eigenvalue weighted by molar-refractivity contribution is 6.06. The Morgan fingerprint density at radius 2 is 1.92 bits per heavy atom. The second-order valence-corrected chi connectivity index (χ2v) is 7.36. The molecule has 0 aromatic heterocycles. The Morgan fingerprint density at radius 1 is 1.28 bits per heavy atom. The van der Waals surface area contributed by atoms with Gasteiger partial charge in [0.05, 0.1) is 0 Å². The van der Waals surface area contributed by atoms with E-state index in [9.17, 15) is 14.4 Å². The van der Waals surface area contributed by atoms with Crippen LogP contribution in [0.4, 0.5) is 4.79 Å². The van der Waals surface area contributed by atoms with Crippen LogP contribution in [-0.4, -0.2) is 41.4 Å². The number of hydrogen-bond donors (Lipinski definition) is 2. The summed E-state index contributed by atoms with van der Waals surface area (Å²) >= 11 is 0. The predicted octanol–water partition coefficient (Wildman–Crippen LogP) is 2.51. The first-order chi connectivity index (χ1) is 11.9. The maximum atomic E-state index is 12.7. The smallest absolute Gasteiger partial charge is 0.322 e. The van der Waals surface area contributed by atoms with Crippen LogP contribution in [0.1, 0.15) is 47.4 Å². The largest absolute Gasteiger partial charge is 0.342 e. The fourth-order valence-electron chi connectivity index (χ4n) is 3.89.